The average molecular weight is 503 g/mol. The monoisotopic (exact) mass is 502 g/mol. The van der Waals surface area contributed by atoms with Crippen LogP contribution in [0.15, 0.2) is 67.0 Å². The highest BCUT2D eigenvalue weighted by Gasteiger charge is 2.32. The number of nitrogens with zero attached hydrogens (tertiary/aromatic N) is 4. The number of carbonyl (C=O) groups excluding carboxylic acids is 2. The first-order chi connectivity index (χ1) is 17.4. The molecule has 36 heavy (non-hydrogen) atoms. The number of aryl methyl sites for hydroxylation is 1. The van der Waals surface area contributed by atoms with Crippen molar-refractivity contribution in [2.45, 2.75) is 37.8 Å². The number of rotatable bonds is 5. The molecule has 2 amide bonds. The summed E-state index contributed by atoms with van der Waals surface area (Å²) in [6.45, 7) is 1.82. The summed E-state index contributed by atoms with van der Waals surface area (Å²) in [5.74, 6) is -0.0702. The molecule has 2 heterocycles. The number of halogens is 1. The summed E-state index contributed by atoms with van der Waals surface area (Å²) in [5.41, 5.74) is 4.62. The maximum Gasteiger partial charge on any atom is 0.255 e. The maximum atomic E-state index is 13.5. The topological polar surface area (TPSA) is 56.8 Å². The van der Waals surface area contributed by atoms with Gasteiger partial charge in [0.05, 0.1) is 16.6 Å². The second-order valence-corrected chi connectivity index (χ2v) is 10.1. The summed E-state index contributed by atoms with van der Waals surface area (Å²) in [5, 5.41) is 0.452. The number of fused-ring (bicyclic) bond motifs is 1. The molecule has 2 aliphatic rings. The molecule has 0 unspecified atom stereocenters. The Bertz CT molecular complexity index is 1260. The van der Waals surface area contributed by atoms with Crippen molar-refractivity contribution in [1.29, 1.82) is 0 Å². The molecule has 3 aromatic rings. The van der Waals surface area contributed by atoms with Crippen LogP contribution in [-0.4, -0.2) is 59.8 Å². The molecule has 1 fully saturated rings. The highest BCUT2D eigenvalue weighted by Crippen LogP contribution is 2.37. The summed E-state index contributed by atoms with van der Waals surface area (Å²) in [6, 6.07) is 17.3. The van der Waals surface area contributed by atoms with Gasteiger partial charge in [0.15, 0.2) is 0 Å². The second kappa shape index (κ2) is 10.3. The lowest BCUT2D eigenvalue weighted by atomic mass is 9.99. The minimum absolute atomic E-state index is 0.0332. The molecule has 0 spiro atoms. The van der Waals surface area contributed by atoms with Gasteiger partial charge in [0.1, 0.15) is 0 Å². The van der Waals surface area contributed by atoms with Gasteiger partial charge in [-0.15, -0.1) is 0 Å². The molecule has 7 heteroatoms. The van der Waals surface area contributed by atoms with Crippen LogP contribution in [0.3, 0.4) is 0 Å². The average Bonchev–Trinajstić information content (AvgIpc) is 3.35. The van der Waals surface area contributed by atoms with E-state index < -0.39 is 0 Å². The molecule has 186 valence electrons. The van der Waals surface area contributed by atoms with Crippen molar-refractivity contribution in [3.8, 4) is 0 Å². The fraction of sp³-hybridized carbons (Fsp3) is 0.345. The van der Waals surface area contributed by atoms with Gasteiger partial charge in [-0.1, -0.05) is 29.8 Å². The van der Waals surface area contributed by atoms with E-state index in [9.17, 15) is 9.59 Å². The Kier molecular flexibility index (Phi) is 6.97. The van der Waals surface area contributed by atoms with Crippen LogP contribution in [0.2, 0.25) is 5.02 Å². The van der Waals surface area contributed by atoms with Crippen molar-refractivity contribution in [3.05, 3.63) is 94.3 Å². The number of aromatic nitrogens is 1. The quantitative estimate of drug-likeness (QED) is 0.479. The molecule has 0 radical (unpaired) electrons. The number of pyridine rings is 1. The molecule has 6 nitrogen and oxygen atoms in total. The third-order valence-electron chi connectivity index (χ3n) is 7.69. The molecule has 0 saturated carbocycles. The van der Waals surface area contributed by atoms with Crippen LogP contribution in [0.5, 0.6) is 0 Å². The minimum atomic E-state index is -0.103. The van der Waals surface area contributed by atoms with Crippen LogP contribution < -0.4 is 4.90 Å². The SMILES string of the molecule is CN(C(=O)c1ccc2c(c1)[C@H](N(C)C(=O)c1ccccc1Cl)CC2)C1CCN(c2ccncc2)CC1. The van der Waals surface area contributed by atoms with Crippen molar-refractivity contribution in [2.24, 2.45) is 0 Å². The van der Waals surface area contributed by atoms with Gasteiger partial charge in [0.2, 0.25) is 0 Å². The Morgan fingerprint density at radius 3 is 2.36 bits per heavy atom. The lowest BCUT2D eigenvalue weighted by Crippen LogP contribution is -2.45. The summed E-state index contributed by atoms with van der Waals surface area (Å²) < 4.78 is 0. The fourth-order valence-corrected chi connectivity index (χ4v) is 5.73. The standard InChI is InChI=1S/C29H31ClN4O2/c1-32(22-13-17-34(18-14-22)23-11-15-31-16-12-23)28(35)21-8-7-20-9-10-27(25(20)19-21)33(2)29(36)24-5-3-4-6-26(24)30/h3-8,11-12,15-16,19,22,27H,9-10,13-14,17-18H2,1-2H3/t27-/m1/s1. The second-order valence-electron chi connectivity index (χ2n) is 9.70. The number of piperidine rings is 1. The third-order valence-corrected chi connectivity index (χ3v) is 8.02. The van der Waals surface area contributed by atoms with Crippen molar-refractivity contribution >= 4 is 29.1 Å². The zero-order valence-electron chi connectivity index (χ0n) is 20.7. The zero-order chi connectivity index (χ0) is 25.2. The summed E-state index contributed by atoms with van der Waals surface area (Å²) in [7, 11) is 3.73. The van der Waals surface area contributed by atoms with E-state index in [2.05, 4.69) is 16.0 Å². The van der Waals surface area contributed by atoms with E-state index in [4.69, 9.17) is 11.6 Å². The van der Waals surface area contributed by atoms with E-state index >= 15 is 0 Å². The molecular weight excluding hydrogens is 472 g/mol. The molecule has 2 aromatic carbocycles. The van der Waals surface area contributed by atoms with E-state index in [0.717, 1.165) is 44.3 Å². The van der Waals surface area contributed by atoms with Crippen LogP contribution in [0, 0.1) is 0 Å². The number of hydrogen-bond donors (Lipinski definition) is 0. The predicted octanol–water partition coefficient (Wildman–Crippen LogP) is 5.24. The van der Waals surface area contributed by atoms with Gasteiger partial charge in [-0.3, -0.25) is 14.6 Å². The number of benzene rings is 2. The first-order valence-corrected chi connectivity index (χ1v) is 12.9. The number of carbonyl (C=O) groups is 2. The van der Waals surface area contributed by atoms with Crippen LogP contribution >= 0.6 is 11.6 Å². The minimum Gasteiger partial charge on any atom is -0.371 e. The van der Waals surface area contributed by atoms with Gasteiger partial charge in [0.25, 0.3) is 11.8 Å². The summed E-state index contributed by atoms with van der Waals surface area (Å²) >= 11 is 6.29. The van der Waals surface area contributed by atoms with Crippen molar-refractivity contribution in [1.82, 2.24) is 14.8 Å². The van der Waals surface area contributed by atoms with Gasteiger partial charge in [-0.2, -0.15) is 0 Å². The first-order valence-electron chi connectivity index (χ1n) is 12.5. The number of amides is 2. The smallest absolute Gasteiger partial charge is 0.255 e. The van der Waals surface area contributed by atoms with Gasteiger partial charge in [-0.25, -0.2) is 0 Å². The molecule has 0 bridgehead atoms. The molecular formula is C29H31ClN4O2. The van der Waals surface area contributed by atoms with E-state index in [1.807, 2.05) is 67.8 Å². The van der Waals surface area contributed by atoms with E-state index in [1.54, 1.807) is 17.0 Å². The highest BCUT2D eigenvalue weighted by atomic mass is 35.5. The van der Waals surface area contributed by atoms with Crippen LogP contribution in [0.4, 0.5) is 5.69 Å². The molecule has 1 aromatic heterocycles. The van der Waals surface area contributed by atoms with E-state index in [0.29, 0.717) is 16.1 Å². The van der Waals surface area contributed by atoms with Crippen molar-refractivity contribution < 1.29 is 9.59 Å². The lowest BCUT2D eigenvalue weighted by Gasteiger charge is -2.38. The van der Waals surface area contributed by atoms with Crippen LogP contribution in [0.25, 0.3) is 0 Å². The summed E-state index contributed by atoms with van der Waals surface area (Å²) in [6.07, 6.45) is 7.20. The number of anilines is 1. The van der Waals surface area contributed by atoms with Crippen LogP contribution in [-0.2, 0) is 6.42 Å². The van der Waals surface area contributed by atoms with Gasteiger partial charge in [-0.05, 0) is 73.2 Å². The molecule has 0 N–H and O–H groups in total. The molecule has 1 aliphatic heterocycles. The first kappa shape index (κ1) is 24.3. The maximum absolute atomic E-state index is 13.5. The lowest BCUT2D eigenvalue weighted by molar-refractivity contribution is 0.0709. The molecule has 1 aliphatic carbocycles. The van der Waals surface area contributed by atoms with Gasteiger partial charge >= 0.3 is 0 Å². The molecule has 5 rings (SSSR count). The van der Waals surface area contributed by atoms with Crippen molar-refractivity contribution in [3.63, 3.8) is 0 Å². The molecule has 1 atom stereocenters. The van der Waals surface area contributed by atoms with Crippen molar-refractivity contribution in [2.75, 3.05) is 32.1 Å². The Morgan fingerprint density at radius 2 is 1.64 bits per heavy atom. The normalized spacial score (nSPS) is 17.5. The fourth-order valence-electron chi connectivity index (χ4n) is 5.52. The Morgan fingerprint density at radius 1 is 0.917 bits per heavy atom. The van der Waals surface area contributed by atoms with Crippen LogP contribution in [0.1, 0.15) is 57.1 Å². The van der Waals surface area contributed by atoms with Gasteiger partial charge in [0, 0.05) is 56.9 Å². The number of hydrogen-bond acceptors (Lipinski definition) is 4. The van der Waals surface area contributed by atoms with Gasteiger partial charge < -0.3 is 14.7 Å². The third kappa shape index (κ3) is 4.70. The Balaban J connectivity index is 1.28. The Hall–Kier alpha value is -3.38. The van der Waals surface area contributed by atoms with E-state index in [1.165, 1.54) is 11.3 Å². The zero-order valence-corrected chi connectivity index (χ0v) is 21.5. The Labute approximate surface area is 217 Å². The van der Waals surface area contributed by atoms with E-state index in [-0.39, 0.29) is 23.9 Å². The largest absolute Gasteiger partial charge is 0.371 e. The molecule has 1 saturated heterocycles. The highest BCUT2D eigenvalue weighted by molar-refractivity contribution is 6.33. The predicted molar refractivity (Wildman–Crippen MR) is 143 cm³/mol. The summed E-state index contributed by atoms with van der Waals surface area (Å²) in [4.78, 5) is 36.8.